The molecule has 2 rings (SSSR count). The van der Waals surface area contributed by atoms with Crippen LogP contribution in [0.1, 0.15) is 71.0 Å². The Balaban J connectivity index is 2.35. The van der Waals surface area contributed by atoms with Crippen LogP contribution in [0.25, 0.3) is 6.08 Å². The van der Waals surface area contributed by atoms with Gasteiger partial charge in [-0.15, -0.1) is 11.3 Å². The van der Waals surface area contributed by atoms with Crippen molar-refractivity contribution in [1.29, 1.82) is 0 Å². The molecule has 1 aromatic rings. The summed E-state index contributed by atoms with van der Waals surface area (Å²) in [7, 11) is 0. The van der Waals surface area contributed by atoms with Crippen molar-refractivity contribution >= 4 is 29.2 Å². The lowest BCUT2D eigenvalue weighted by molar-refractivity contribution is -0.154. The van der Waals surface area contributed by atoms with Gasteiger partial charge in [0, 0.05) is 17.2 Å². The molecule has 0 radical (unpaired) electrons. The van der Waals surface area contributed by atoms with Crippen molar-refractivity contribution in [1.82, 2.24) is 4.98 Å². The molecule has 0 spiro atoms. The second kappa shape index (κ2) is 12.7. The van der Waals surface area contributed by atoms with Crippen molar-refractivity contribution < 1.29 is 29.6 Å². The Morgan fingerprint density at radius 2 is 1.82 bits per heavy atom. The van der Waals surface area contributed by atoms with Gasteiger partial charge in [-0.05, 0) is 57.6 Å². The van der Waals surface area contributed by atoms with Crippen molar-refractivity contribution in [3.8, 4) is 0 Å². The standard InChI is InChI=1S/C26H39NO6S/c1-14-8-7-9-15(2)24(31)18(5)25(32)17(4)21(28)12-23(30)33-26(22(29)10-14)16(3)11-20-13-34-19(6)27-20/h10-11,13,15,17-18,21-22,24,26,28-29,31H,7-9,12H2,1-6H3/b14-10-,16-11+. The maximum atomic E-state index is 12.9. The first kappa shape index (κ1) is 28.4. The molecule has 0 aromatic carbocycles. The van der Waals surface area contributed by atoms with Crippen molar-refractivity contribution in [2.75, 3.05) is 0 Å². The number of nitrogens with zero attached hydrogens (tertiary/aromatic N) is 1. The fourth-order valence-corrected chi connectivity index (χ4v) is 4.90. The highest BCUT2D eigenvalue weighted by Crippen LogP contribution is 2.26. The first-order chi connectivity index (χ1) is 15.9. The van der Waals surface area contributed by atoms with Crippen molar-refractivity contribution in [2.45, 2.75) is 91.6 Å². The molecule has 34 heavy (non-hydrogen) atoms. The second-order valence-corrected chi connectivity index (χ2v) is 10.8. The molecule has 7 unspecified atom stereocenters. The molecule has 7 nitrogen and oxygen atoms in total. The number of hydrogen-bond acceptors (Lipinski definition) is 8. The minimum Gasteiger partial charge on any atom is -0.455 e. The summed E-state index contributed by atoms with van der Waals surface area (Å²) in [5.74, 6) is -2.58. The molecule has 7 atom stereocenters. The Hall–Kier alpha value is -1.87. The molecule has 0 saturated carbocycles. The van der Waals surface area contributed by atoms with Crippen LogP contribution in [-0.4, -0.2) is 56.5 Å². The highest BCUT2D eigenvalue weighted by atomic mass is 32.1. The van der Waals surface area contributed by atoms with Crippen LogP contribution in [-0.2, 0) is 14.3 Å². The molecular weight excluding hydrogens is 454 g/mol. The Labute approximate surface area is 206 Å². The molecule has 0 aliphatic carbocycles. The molecule has 1 aliphatic heterocycles. The van der Waals surface area contributed by atoms with Gasteiger partial charge in [-0.1, -0.05) is 32.4 Å². The molecule has 0 fully saturated rings. The van der Waals surface area contributed by atoms with E-state index >= 15 is 0 Å². The summed E-state index contributed by atoms with van der Waals surface area (Å²) in [6.45, 7) is 10.7. The summed E-state index contributed by atoms with van der Waals surface area (Å²) in [5.41, 5.74) is 2.29. The lowest BCUT2D eigenvalue weighted by Crippen LogP contribution is -2.39. The van der Waals surface area contributed by atoms with E-state index in [0.717, 1.165) is 29.1 Å². The number of thiazole rings is 1. The van der Waals surface area contributed by atoms with Crippen LogP contribution < -0.4 is 0 Å². The Morgan fingerprint density at radius 1 is 1.15 bits per heavy atom. The maximum Gasteiger partial charge on any atom is 0.309 e. The number of hydrogen-bond donors (Lipinski definition) is 3. The third-order valence-corrected chi connectivity index (χ3v) is 7.45. The summed E-state index contributed by atoms with van der Waals surface area (Å²) in [6, 6.07) is 0. The van der Waals surface area contributed by atoms with E-state index in [1.54, 1.807) is 32.9 Å². The predicted octanol–water partition coefficient (Wildman–Crippen LogP) is 3.85. The first-order valence-corrected chi connectivity index (χ1v) is 12.8. The molecule has 2 heterocycles. The number of aliphatic hydroxyl groups excluding tert-OH is 3. The van der Waals surface area contributed by atoms with Gasteiger partial charge in [-0.2, -0.15) is 0 Å². The zero-order valence-corrected chi connectivity index (χ0v) is 21.8. The highest BCUT2D eigenvalue weighted by Gasteiger charge is 2.34. The Kier molecular flexibility index (Phi) is 10.6. The van der Waals surface area contributed by atoms with Crippen LogP contribution in [0.4, 0.5) is 0 Å². The number of aliphatic hydroxyl groups is 3. The predicted molar refractivity (Wildman–Crippen MR) is 133 cm³/mol. The van der Waals surface area contributed by atoms with Gasteiger partial charge in [0.15, 0.2) is 6.10 Å². The molecule has 3 N–H and O–H groups in total. The lowest BCUT2D eigenvalue weighted by Gasteiger charge is -2.28. The summed E-state index contributed by atoms with van der Waals surface area (Å²) in [5, 5.41) is 34.9. The average Bonchev–Trinajstić information content (AvgIpc) is 3.18. The van der Waals surface area contributed by atoms with Crippen LogP contribution in [0.15, 0.2) is 22.6 Å². The van der Waals surface area contributed by atoms with E-state index in [9.17, 15) is 24.9 Å². The third kappa shape index (κ3) is 7.83. The van der Waals surface area contributed by atoms with Crippen molar-refractivity contribution in [3.05, 3.63) is 33.3 Å². The number of cyclic esters (lactones) is 1. The molecule has 1 aromatic heterocycles. The van der Waals surface area contributed by atoms with Crippen LogP contribution in [0.5, 0.6) is 0 Å². The van der Waals surface area contributed by atoms with E-state index in [4.69, 9.17) is 4.74 Å². The zero-order valence-electron chi connectivity index (χ0n) is 21.0. The fourth-order valence-electron chi connectivity index (χ4n) is 4.33. The smallest absolute Gasteiger partial charge is 0.309 e. The zero-order chi connectivity index (χ0) is 25.6. The normalized spacial score (nSPS) is 34.9. The van der Waals surface area contributed by atoms with E-state index in [2.05, 4.69) is 4.98 Å². The van der Waals surface area contributed by atoms with Crippen molar-refractivity contribution in [3.63, 3.8) is 0 Å². The van der Waals surface area contributed by atoms with Gasteiger partial charge in [0.2, 0.25) is 0 Å². The summed E-state index contributed by atoms with van der Waals surface area (Å²) >= 11 is 1.50. The second-order valence-electron chi connectivity index (χ2n) is 9.71. The quantitative estimate of drug-likeness (QED) is 0.423. The monoisotopic (exact) mass is 493 g/mol. The van der Waals surface area contributed by atoms with Gasteiger partial charge in [0.05, 0.1) is 29.3 Å². The minimum atomic E-state index is -1.25. The number of allylic oxidation sites excluding steroid dienone is 1. The topological polar surface area (TPSA) is 117 Å². The Morgan fingerprint density at radius 3 is 2.44 bits per heavy atom. The van der Waals surface area contributed by atoms with E-state index in [1.165, 1.54) is 11.3 Å². The number of ketones is 1. The van der Waals surface area contributed by atoms with E-state index in [-0.39, 0.29) is 18.1 Å². The number of rotatable bonds is 2. The largest absolute Gasteiger partial charge is 0.455 e. The Bertz CT molecular complexity index is 907. The van der Waals surface area contributed by atoms with E-state index in [0.29, 0.717) is 12.0 Å². The van der Waals surface area contributed by atoms with Gasteiger partial charge in [0.1, 0.15) is 11.9 Å². The minimum absolute atomic E-state index is 0.0987. The number of Topliss-reactive ketones (excluding diaryl/α,β-unsaturated/α-hetero) is 1. The van der Waals surface area contributed by atoms with Gasteiger partial charge >= 0.3 is 5.97 Å². The number of carbonyl (C=O) groups excluding carboxylic acids is 2. The van der Waals surface area contributed by atoms with E-state index in [1.807, 2.05) is 26.2 Å². The SMILES string of the molecule is C/C1=C/C(O)C(/C(C)=C/c2csc(C)n2)OC(=O)CC(O)C(C)C(=O)C(C)C(O)C(C)CCC1. The van der Waals surface area contributed by atoms with Crippen LogP contribution >= 0.6 is 11.3 Å². The summed E-state index contributed by atoms with van der Waals surface area (Å²) in [4.78, 5) is 30.0. The summed E-state index contributed by atoms with van der Waals surface area (Å²) < 4.78 is 5.62. The highest BCUT2D eigenvalue weighted by molar-refractivity contribution is 7.09. The average molecular weight is 494 g/mol. The number of aromatic nitrogens is 1. The molecule has 0 saturated heterocycles. The van der Waals surface area contributed by atoms with Gasteiger partial charge in [0.25, 0.3) is 0 Å². The molecule has 190 valence electrons. The van der Waals surface area contributed by atoms with Gasteiger partial charge in [-0.25, -0.2) is 4.98 Å². The van der Waals surface area contributed by atoms with Gasteiger partial charge < -0.3 is 20.1 Å². The molecular formula is C26H39NO6S. The van der Waals surface area contributed by atoms with Crippen LogP contribution in [0, 0.1) is 24.7 Å². The molecule has 0 amide bonds. The maximum absolute atomic E-state index is 12.9. The molecule has 8 heteroatoms. The van der Waals surface area contributed by atoms with Gasteiger partial charge in [-0.3, -0.25) is 9.59 Å². The van der Waals surface area contributed by atoms with Crippen LogP contribution in [0.2, 0.25) is 0 Å². The number of aryl methyl sites for hydroxylation is 1. The number of esters is 1. The lowest BCUT2D eigenvalue weighted by atomic mass is 9.81. The van der Waals surface area contributed by atoms with Crippen molar-refractivity contribution in [2.24, 2.45) is 17.8 Å². The molecule has 1 aliphatic rings. The number of carbonyl (C=O) groups is 2. The third-order valence-electron chi connectivity index (χ3n) is 6.66. The first-order valence-electron chi connectivity index (χ1n) is 12.0. The fraction of sp³-hybridized carbons (Fsp3) is 0.654. The van der Waals surface area contributed by atoms with E-state index < -0.39 is 42.2 Å². The molecule has 0 bridgehead atoms. The summed E-state index contributed by atoms with van der Waals surface area (Å²) in [6.07, 6.45) is 1.19. The van der Waals surface area contributed by atoms with Crippen LogP contribution in [0.3, 0.4) is 0 Å². The number of ether oxygens (including phenoxy) is 1.